The highest BCUT2D eigenvalue weighted by atomic mass is 127. The first-order valence-electron chi connectivity index (χ1n) is 7.01. The van der Waals surface area contributed by atoms with Gasteiger partial charge in [0.15, 0.2) is 0 Å². The highest BCUT2D eigenvalue weighted by Gasteiger charge is 2.21. The van der Waals surface area contributed by atoms with Crippen LogP contribution in [-0.2, 0) is 13.0 Å². The Bertz CT molecular complexity index is 640. The smallest absolute Gasteiger partial charge is 0.124 e. The number of rotatable bonds is 4. The average Bonchev–Trinajstić information content (AvgIpc) is 2.84. The highest BCUT2D eigenvalue weighted by molar-refractivity contribution is 14.1. The van der Waals surface area contributed by atoms with Crippen LogP contribution in [0.15, 0.2) is 36.4 Å². The lowest BCUT2D eigenvalue weighted by molar-refractivity contribution is 0.254. The van der Waals surface area contributed by atoms with E-state index in [1.54, 1.807) is 7.11 Å². The van der Waals surface area contributed by atoms with E-state index in [0.29, 0.717) is 0 Å². The molecule has 0 bridgehead atoms. The minimum Gasteiger partial charge on any atom is -0.496 e. The second kappa shape index (κ2) is 6.13. The van der Waals surface area contributed by atoms with Crippen LogP contribution in [0.5, 0.6) is 11.5 Å². The van der Waals surface area contributed by atoms with Gasteiger partial charge in [-0.1, -0.05) is 0 Å². The van der Waals surface area contributed by atoms with Gasteiger partial charge in [-0.2, -0.15) is 0 Å². The molecular weight excluding hydrogens is 377 g/mol. The fourth-order valence-electron chi connectivity index (χ4n) is 2.57. The van der Waals surface area contributed by atoms with Crippen LogP contribution in [-0.4, -0.2) is 13.2 Å². The summed E-state index contributed by atoms with van der Waals surface area (Å²) in [6, 6.07) is 12.5. The van der Waals surface area contributed by atoms with Gasteiger partial charge in [0.2, 0.25) is 0 Å². The summed E-state index contributed by atoms with van der Waals surface area (Å²) >= 11 is 2.31. The van der Waals surface area contributed by atoms with Crippen molar-refractivity contribution >= 4 is 28.3 Å². The Kier molecular flexibility index (Phi) is 4.24. The van der Waals surface area contributed by atoms with E-state index in [1.165, 1.54) is 9.13 Å². The average molecular weight is 395 g/mol. The third-order valence-corrected chi connectivity index (χ3v) is 4.35. The van der Waals surface area contributed by atoms with Crippen molar-refractivity contribution in [1.82, 2.24) is 0 Å². The molecule has 0 saturated heterocycles. The van der Waals surface area contributed by atoms with Crippen molar-refractivity contribution in [3.05, 3.63) is 51.1 Å². The molecule has 1 N–H and O–H groups in total. The SMILES string of the molecule is COc1cc2c(cc1CNc1ccc(I)cc1)OC(C)C2. The van der Waals surface area contributed by atoms with E-state index in [4.69, 9.17) is 9.47 Å². The zero-order valence-electron chi connectivity index (χ0n) is 12.2. The second-order valence-corrected chi connectivity index (χ2v) is 6.51. The van der Waals surface area contributed by atoms with E-state index in [0.717, 1.165) is 35.7 Å². The molecule has 1 unspecified atom stereocenters. The van der Waals surface area contributed by atoms with Crippen LogP contribution in [0.4, 0.5) is 5.69 Å². The van der Waals surface area contributed by atoms with Crippen LogP contribution < -0.4 is 14.8 Å². The van der Waals surface area contributed by atoms with Crippen LogP contribution in [0.3, 0.4) is 0 Å². The maximum Gasteiger partial charge on any atom is 0.124 e. The van der Waals surface area contributed by atoms with Crippen molar-refractivity contribution in [1.29, 1.82) is 0 Å². The van der Waals surface area contributed by atoms with Crippen LogP contribution >= 0.6 is 22.6 Å². The third-order valence-electron chi connectivity index (χ3n) is 3.63. The van der Waals surface area contributed by atoms with Gasteiger partial charge in [-0.25, -0.2) is 0 Å². The zero-order valence-corrected chi connectivity index (χ0v) is 14.3. The molecule has 2 aromatic rings. The van der Waals surface area contributed by atoms with Crippen molar-refractivity contribution < 1.29 is 9.47 Å². The molecule has 21 heavy (non-hydrogen) atoms. The predicted octanol–water partition coefficient (Wildman–Crippen LogP) is 4.24. The van der Waals surface area contributed by atoms with E-state index in [2.05, 4.69) is 71.2 Å². The molecular formula is C17H18INO2. The quantitative estimate of drug-likeness (QED) is 0.786. The van der Waals surface area contributed by atoms with Gasteiger partial charge in [-0.3, -0.25) is 0 Å². The van der Waals surface area contributed by atoms with Gasteiger partial charge in [0.05, 0.1) is 7.11 Å². The number of halogens is 1. The molecule has 4 heteroatoms. The Morgan fingerprint density at radius 2 is 2.05 bits per heavy atom. The molecule has 110 valence electrons. The summed E-state index contributed by atoms with van der Waals surface area (Å²) in [5.41, 5.74) is 3.45. The number of nitrogens with one attached hydrogen (secondary N) is 1. The molecule has 1 heterocycles. The van der Waals surface area contributed by atoms with E-state index >= 15 is 0 Å². The number of hydrogen-bond acceptors (Lipinski definition) is 3. The van der Waals surface area contributed by atoms with Crippen LogP contribution in [0, 0.1) is 3.57 Å². The summed E-state index contributed by atoms with van der Waals surface area (Å²) in [7, 11) is 1.72. The van der Waals surface area contributed by atoms with Gasteiger partial charge in [0.1, 0.15) is 17.6 Å². The van der Waals surface area contributed by atoms with E-state index in [1.807, 2.05) is 0 Å². The highest BCUT2D eigenvalue weighted by Crippen LogP contribution is 2.35. The van der Waals surface area contributed by atoms with E-state index in [9.17, 15) is 0 Å². The molecule has 1 atom stereocenters. The van der Waals surface area contributed by atoms with Crippen molar-refractivity contribution in [2.75, 3.05) is 12.4 Å². The molecule has 1 aliphatic rings. The van der Waals surface area contributed by atoms with Crippen LogP contribution in [0.25, 0.3) is 0 Å². The third kappa shape index (κ3) is 3.26. The summed E-state index contributed by atoms with van der Waals surface area (Å²) in [4.78, 5) is 0. The van der Waals surface area contributed by atoms with Crippen molar-refractivity contribution in [2.24, 2.45) is 0 Å². The number of fused-ring (bicyclic) bond motifs is 1. The van der Waals surface area contributed by atoms with Crippen molar-refractivity contribution in [3.63, 3.8) is 0 Å². The maximum absolute atomic E-state index is 5.83. The van der Waals surface area contributed by atoms with Gasteiger partial charge in [-0.15, -0.1) is 0 Å². The molecule has 0 spiro atoms. The number of anilines is 1. The van der Waals surface area contributed by atoms with Crippen LogP contribution in [0.1, 0.15) is 18.1 Å². The van der Waals surface area contributed by atoms with Gasteiger partial charge in [0, 0.05) is 33.4 Å². The Morgan fingerprint density at radius 3 is 2.76 bits per heavy atom. The lowest BCUT2D eigenvalue weighted by Crippen LogP contribution is -2.05. The van der Waals surface area contributed by atoms with Crippen molar-refractivity contribution in [2.45, 2.75) is 26.0 Å². The van der Waals surface area contributed by atoms with Gasteiger partial charge >= 0.3 is 0 Å². The maximum atomic E-state index is 5.83. The first-order chi connectivity index (χ1) is 10.2. The van der Waals surface area contributed by atoms with Gasteiger partial charge in [0.25, 0.3) is 0 Å². The molecule has 0 aromatic heterocycles. The van der Waals surface area contributed by atoms with E-state index < -0.39 is 0 Å². The lowest BCUT2D eigenvalue weighted by Gasteiger charge is -2.13. The Morgan fingerprint density at radius 1 is 1.29 bits per heavy atom. The molecule has 3 nitrogen and oxygen atoms in total. The number of methoxy groups -OCH3 is 1. The standard InChI is InChI=1S/C17H18INO2/c1-11-7-12-8-16(20-2)13(9-17(12)21-11)10-19-15-5-3-14(18)4-6-15/h3-6,8-9,11,19H,7,10H2,1-2H3. The Hall–Kier alpha value is -1.43. The molecule has 1 aliphatic heterocycles. The fraction of sp³-hybridized carbons (Fsp3) is 0.294. The number of hydrogen-bond donors (Lipinski definition) is 1. The van der Waals surface area contributed by atoms with E-state index in [-0.39, 0.29) is 6.10 Å². The topological polar surface area (TPSA) is 30.5 Å². The first kappa shape index (κ1) is 14.5. The normalized spacial score (nSPS) is 16.2. The molecule has 0 radical (unpaired) electrons. The monoisotopic (exact) mass is 395 g/mol. The summed E-state index contributed by atoms with van der Waals surface area (Å²) in [5, 5.41) is 3.43. The molecule has 0 aliphatic carbocycles. The van der Waals surface area contributed by atoms with Gasteiger partial charge < -0.3 is 14.8 Å². The molecule has 0 saturated carbocycles. The number of benzene rings is 2. The summed E-state index contributed by atoms with van der Waals surface area (Å²) in [6.07, 6.45) is 1.21. The Balaban J connectivity index is 1.78. The zero-order chi connectivity index (χ0) is 14.8. The second-order valence-electron chi connectivity index (χ2n) is 5.26. The van der Waals surface area contributed by atoms with Crippen molar-refractivity contribution in [3.8, 4) is 11.5 Å². The fourth-order valence-corrected chi connectivity index (χ4v) is 2.93. The predicted molar refractivity (Wildman–Crippen MR) is 93.3 cm³/mol. The van der Waals surface area contributed by atoms with Crippen LogP contribution in [0.2, 0.25) is 0 Å². The molecule has 0 fully saturated rings. The molecule has 0 amide bonds. The molecule has 2 aromatic carbocycles. The first-order valence-corrected chi connectivity index (χ1v) is 8.09. The summed E-state index contributed by atoms with van der Waals surface area (Å²) in [5.74, 6) is 1.91. The lowest BCUT2D eigenvalue weighted by atomic mass is 10.1. The largest absolute Gasteiger partial charge is 0.496 e. The number of ether oxygens (including phenoxy) is 2. The summed E-state index contributed by atoms with van der Waals surface area (Å²) < 4.78 is 12.6. The molecule has 3 rings (SSSR count). The summed E-state index contributed by atoms with van der Waals surface area (Å²) in [6.45, 7) is 2.81. The minimum atomic E-state index is 0.254. The van der Waals surface area contributed by atoms with Gasteiger partial charge in [-0.05, 0) is 65.9 Å². The minimum absolute atomic E-state index is 0.254. The Labute approximate surface area is 138 Å².